The third-order valence-corrected chi connectivity index (χ3v) is 3.77. The Hall–Kier alpha value is -2.08. The van der Waals surface area contributed by atoms with E-state index in [0.29, 0.717) is 17.4 Å². The van der Waals surface area contributed by atoms with Gasteiger partial charge >= 0.3 is 5.97 Å². The summed E-state index contributed by atoms with van der Waals surface area (Å²) in [5.41, 5.74) is 2.41. The zero-order valence-electron chi connectivity index (χ0n) is 12.6. The first-order valence-electron chi connectivity index (χ1n) is 6.70. The van der Waals surface area contributed by atoms with Gasteiger partial charge in [-0.25, -0.2) is 9.78 Å². The number of thiazole rings is 1. The molecule has 0 amide bonds. The van der Waals surface area contributed by atoms with Gasteiger partial charge in [0.05, 0.1) is 6.61 Å². The number of hydrogen-bond donors (Lipinski definition) is 1. The molecule has 0 aliphatic carbocycles. The van der Waals surface area contributed by atoms with Crippen LogP contribution in [0.5, 0.6) is 0 Å². The van der Waals surface area contributed by atoms with Gasteiger partial charge in [0.1, 0.15) is 0 Å². The van der Waals surface area contributed by atoms with Gasteiger partial charge in [-0.3, -0.25) is 0 Å². The lowest BCUT2D eigenvalue weighted by atomic mass is 10.2. The summed E-state index contributed by atoms with van der Waals surface area (Å²) in [7, 11) is 3.98. The molecule has 2 rings (SSSR count). The van der Waals surface area contributed by atoms with Gasteiger partial charge in [0.15, 0.2) is 10.8 Å². The van der Waals surface area contributed by atoms with Crippen molar-refractivity contribution in [3.8, 4) is 0 Å². The Labute approximate surface area is 128 Å². The maximum absolute atomic E-state index is 11.8. The summed E-state index contributed by atoms with van der Waals surface area (Å²) in [6.07, 6.45) is 0. The van der Waals surface area contributed by atoms with Gasteiger partial charge in [0, 0.05) is 30.3 Å². The highest BCUT2D eigenvalue weighted by molar-refractivity contribution is 7.15. The van der Waals surface area contributed by atoms with Gasteiger partial charge in [-0.15, -0.1) is 11.3 Å². The topological polar surface area (TPSA) is 54.5 Å². The Morgan fingerprint density at radius 3 is 2.86 bits per heavy atom. The fourth-order valence-corrected chi connectivity index (χ4v) is 2.65. The molecule has 0 fully saturated rings. The number of ether oxygens (including phenoxy) is 1. The Bertz CT molecular complexity index is 638. The van der Waals surface area contributed by atoms with Crippen molar-refractivity contribution >= 4 is 33.8 Å². The molecule has 5 nitrogen and oxygen atoms in total. The summed E-state index contributed by atoms with van der Waals surface area (Å²) < 4.78 is 4.99. The second kappa shape index (κ2) is 6.58. The number of esters is 1. The third kappa shape index (κ3) is 3.72. The average Bonchev–Trinajstić information content (AvgIpc) is 2.80. The number of benzene rings is 1. The van der Waals surface area contributed by atoms with Gasteiger partial charge in [0.25, 0.3) is 0 Å². The fraction of sp³-hybridized carbons (Fsp3) is 0.333. The van der Waals surface area contributed by atoms with E-state index < -0.39 is 0 Å². The lowest BCUT2D eigenvalue weighted by Gasteiger charge is -2.13. The normalized spacial score (nSPS) is 10.3. The van der Waals surface area contributed by atoms with Gasteiger partial charge in [-0.2, -0.15) is 0 Å². The Morgan fingerprint density at radius 2 is 2.19 bits per heavy atom. The van der Waals surface area contributed by atoms with Crippen molar-refractivity contribution in [2.75, 3.05) is 30.9 Å². The van der Waals surface area contributed by atoms with Crippen LogP contribution in [-0.2, 0) is 4.74 Å². The number of aromatic nitrogens is 1. The maximum Gasteiger partial charge on any atom is 0.358 e. The van der Waals surface area contributed by atoms with Crippen LogP contribution in [0, 0.1) is 6.92 Å². The number of rotatable bonds is 5. The number of carbonyl (C=O) groups excluding carboxylic acids is 1. The predicted octanol–water partition coefficient (Wildman–Crippen LogP) is 3.44. The summed E-state index contributed by atoms with van der Waals surface area (Å²) in [6, 6.07) is 8.00. The molecular formula is C15H19N3O2S. The summed E-state index contributed by atoms with van der Waals surface area (Å²) >= 11 is 1.44. The minimum Gasteiger partial charge on any atom is -0.461 e. The molecule has 21 heavy (non-hydrogen) atoms. The zero-order valence-corrected chi connectivity index (χ0v) is 13.5. The molecule has 0 unspecified atom stereocenters. The molecule has 0 aliphatic rings. The molecule has 0 saturated heterocycles. The van der Waals surface area contributed by atoms with Crippen LogP contribution in [0.25, 0.3) is 0 Å². The minimum atomic E-state index is -0.374. The summed E-state index contributed by atoms with van der Waals surface area (Å²) in [6.45, 7) is 4.00. The highest BCUT2D eigenvalue weighted by Crippen LogP contribution is 2.27. The number of hydrogen-bond acceptors (Lipinski definition) is 6. The van der Waals surface area contributed by atoms with E-state index in [1.54, 1.807) is 6.92 Å². The van der Waals surface area contributed by atoms with E-state index in [1.165, 1.54) is 11.3 Å². The first-order chi connectivity index (χ1) is 10.0. The predicted molar refractivity (Wildman–Crippen MR) is 86.9 cm³/mol. The molecule has 0 radical (unpaired) electrons. The van der Waals surface area contributed by atoms with Crippen LogP contribution in [-0.4, -0.2) is 31.7 Å². The van der Waals surface area contributed by atoms with E-state index in [2.05, 4.69) is 10.3 Å². The Morgan fingerprint density at radius 1 is 1.43 bits per heavy atom. The molecule has 0 saturated carbocycles. The van der Waals surface area contributed by atoms with Crippen molar-refractivity contribution in [3.05, 3.63) is 34.8 Å². The molecule has 1 aromatic carbocycles. The standard InChI is InChI=1S/C15H19N3O2S/c1-5-20-14(19)13-10(2)21-15(17-13)16-11-7-6-8-12(9-11)18(3)4/h6-9H,5H2,1-4H3,(H,16,17). The molecule has 1 heterocycles. The van der Waals surface area contributed by atoms with Crippen LogP contribution in [0.2, 0.25) is 0 Å². The van der Waals surface area contributed by atoms with Crippen molar-refractivity contribution in [1.82, 2.24) is 4.98 Å². The molecule has 2 aromatic rings. The molecule has 0 bridgehead atoms. The second-order valence-corrected chi connectivity index (χ2v) is 5.92. The SMILES string of the molecule is CCOC(=O)c1nc(Nc2cccc(N(C)C)c2)sc1C. The van der Waals surface area contributed by atoms with E-state index in [0.717, 1.165) is 16.3 Å². The molecule has 1 N–H and O–H groups in total. The lowest BCUT2D eigenvalue weighted by molar-refractivity contribution is 0.0519. The molecule has 1 aromatic heterocycles. The van der Waals surface area contributed by atoms with Crippen molar-refractivity contribution in [3.63, 3.8) is 0 Å². The Kier molecular flexibility index (Phi) is 4.80. The van der Waals surface area contributed by atoms with E-state index in [9.17, 15) is 4.79 Å². The van der Waals surface area contributed by atoms with E-state index in [1.807, 2.05) is 50.2 Å². The van der Waals surface area contributed by atoms with Gasteiger partial charge < -0.3 is 15.0 Å². The fourth-order valence-electron chi connectivity index (χ4n) is 1.82. The molecule has 6 heteroatoms. The Balaban J connectivity index is 2.19. The van der Waals surface area contributed by atoms with Crippen LogP contribution >= 0.6 is 11.3 Å². The first kappa shape index (κ1) is 15.3. The van der Waals surface area contributed by atoms with Crippen molar-refractivity contribution in [2.45, 2.75) is 13.8 Å². The van der Waals surface area contributed by atoms with E-state index in [-0.39, 0.29) is 5.97 Å². The van der Waals surface area contributed by atoms with Gasteiger partial charge in [0.2, 0.25) is 0 Å². The second-order valence-electron chi connectivity index (χ2n) is 4.71. The van der Waals surface area contributed by atoms with Gasteiger partial charge in [-0.1, -0.05) is 6.07 Å². The quantitative estimate of drug-likeness (QED) is 0.858. The molecule has 0 atom stereocenters. The highest BCUT2D eigenvalue weighted by Gasteiger charge is 2.16. The minimum absolute atomic E-state index is 0.351. The lowest BCUT2D eigenvalue weighted by Crippen LogP contribution is -2.08. The number of nitrogens with one attached hydrogen (secondary N) is 1. The molecule has 0 spiro atoms. The van der Waals surface area contributed by atoms with Crippen molar-refractivity contribution in [2.24, 2.45) is 0 Å². The molecule has 0 aliphatic heterocycles. The van der Waals surface area contributed by atoms with Crippen molar-refractivity contribution < 1.29 is 9.53 Å². The molecular weight excluding hydrogens is 286 g/mol. The van der Waals surface area contributed by atoms with Crippen LogP contribution < -0.4 is 10.2 Å². The summed E-state index contributed by atoms with van der Waals surface area (Å²) in [5, 5.41) is 3.92. The average molecular weight is 305 g/mol. The molecule has 112 valence electrons. The zero-order chi connectivity index (χ0) is 15.4. The first-order valence-corrected chi connectivity index (χ1v) is 7.52. The third-order valence-electron chi connectivity index (χ3n) is 2.88. The largest absolute Gasteiger partial charge is 0.461 e. The summed E-state index contributed by atoms with van der Waals surface area (Å²) in [4.78, 5) is 19.0. The number of nitrogens with zero attached hydrogens (tertiary/aromatic N) is 2. The summed E-state index contributed by atoms with van der Waals surface area (Å²) in [5.74, 6) is -0.374. The monoisotopic (exact) mass is 305 g/mol. The smallest absolute Gasteiger partial charge is 0.358 e. The van der Waals surface area contributed by atoms with E-state index >= 15 is 0 Å². The number of anilines is 3. The highest BCUT2D eigenvalue weighted by atomic mass is 32.1. The maximum atomic E-state index is 11.8. The van der Waals surface area contributed by atoms with Crippen LogP contribution in [0.3, 0.4) is 0 Å². The van der Waals surface area contributed by atoms with Crippen molar-refractivity contribution in [1.29, 1.82) is 0 Å². The van der Waals surface area contributed by atoms with Crippen LogP contribution in [0.1, 0.15) is 22.3 Å². The number of carbonyl (C=O) groups is 1. The number of aryl methyl sites for hydroxylation is 1. The van der Waals surface area contributed by atoms with Crippen LogP contribution in [0.4, 0.5) is 16.5 Å². The van der Waals surface area contributed by atoms with Gasteiger partial charge in [-0.05, 0) is 32.0 Å². The van der Waals surface area contributed by atoms with E-state index in [4.69, 9.17) is 4.74 Å². The van der Waals surface area contributed by atoms with Crippen LogP contribution in [0.15, 0.2) is 24.3 Å².